The van der Waals surface area contributed by atoms with E-state index in [4.69, 9.17) is 18.9 Å². The van der Waals surface area contributed by atoms with Crippen molar-refractivity contribution >= 4 is 5.91 Å². The molecule has 160 valence electrons. The quantitative estimate of drug-likeness (QED) is 0.726. The van der Waals surface area contributed by atoms with E-state index in [2.05, 4.69) is 4.90 Å². The first-order valence-corrected chi connectivity index (χ1v) is 10.3. The summed E-state index contributed by atoms with van der Waals surface area (Å²) in [5, 5.41) is 0. The van der Waals surface area contributed by atoms with E-state index in [1.165, 1.54) is 0 Å². The zero-order valence-corrected chi connectivity index (χ0v) is 17.5. The highest BCUT2D eigenvalue weighted by atomic mass is 16.6. The summed E-state index contributed by atoms with van der Waals surface area (Å²) in [6.07, 6.45) is -0.923. The van der Waals surface area contributed by atoms with Gasteiger partial charge in [0.1, 0.15) is 24.2 Å². The largest absolute Gasteiger partial charge is 0.497 e. The normalized spacial score (nSPS) is 21.2. The van der Waals surface area contributed by atoms with Gasteiger partial charge in [0.25, 0.3) is 5.91 Å². The molecule has 0 radical (unpaired) electrons. The van der Waals surface area contributed by atoms with Crippen molar-refractivity contribution in [3.63, 3.8) is 0 Å². The third-order valence-electron chi connectivity index (χ3n) is 5.51. The molecule has 30 heavy (non-hydrogen) atoms. The number of methoxy groups -OCH3 is 1. The van der Waals surface area contributed by atoms with E-state index in [1.54, 1.807) is 7.11 Å². The maximum absolute atomic E-state index is 13.0. The molecule has 2 aliphatic rings. The fourth-order valence-corrected chi connectivity index (χ4v) is 3.73. The van der Waals surface area contributed by atoms with Crippen molar-refractivity contribution in [3.8, 4) is 23.0 Å². The summed E-state index contributed by atoms with van der Waals surface area (Å²) in [7, 11) is 1.65. The van der Waals surface area contributed by atoms with Gasteiger partial charge in [-0.25, -0.2) is 0 Å². The van der Waals surface area contributed by atoms with E-state index < -0.39 is 6.10 Å². The van der Waals surface area contributed by atoms with E-state index in [1.807, 2.05) is 60.4 Å². The van der Waals surface area contributed by atoms with Crippen molar-refractivity contribution in [2.75, 3.05) is 46.4 Å². The van der Waals surface area contributed by atoms with Crippen LogP contribution in [0.1, 0.15) is 6.92 Å². The van der Waals surface area contributed by atoms with Crippen LogP contribution < -0.4 is 18.9 Å². The lowest BCUT2D eigenvalue weighted by atomic mass is 10.1. The van der Waals surface area contributed by atoms with Gasteiger partial charge in [0.05, 0.1) is 7.11 Å². The summed E-state index contributed by atoms with van der Waals surface area (Å²) < 4.78 is 22.8. The average molecular weight is 412 g/mol. The molecule has 0 aromatic heterocycles. The Kier molecular flexibility index (Phi) is 6.28. The third kappa shape index (κ3) is 4.62. The summed E-state index contributed by atoms with van der Waals surface area (Å²) >= 11 is 0. The van der Waals surface area contributed by atoms with Crippen LogP contribution in [0, 0.1) is 0 Å². The van der Waals surface area contributed by atoms with Crippen LogP contribution in [0.25, 0.3) is 0 Å². The number of nitrogens with zero attached hydrogens (tertiary/aromatic N) is 2. The molecule has 2 heterocycles. The SMILES string of the molecule is COc1ccc(OCCN2CCN(C(=O)C3Oc4ccccc4OC3C)CC2)cc1. The Balaban J connectivity index is 1.22. The molecule has 1 fully saturated rings. The number of benzene rings is 2. The van der Waals surface area contributed by atoms with Gasteiger partial charge in [-0.3, -0.25) is 9.69 Å². The zero-order chi connectivity index (χ0) is 20.9. The maximum atomic E-state index is 13.0. The highest BCUT2D eigenvalue weighted by Gasteiger charge is 2.37. The summed E-state index contributed by atoms with van der Waals surface area (Å²) in [4.78, 5) is 17.2. The fourth-order valence-electron chi connectivity index (χ4n) is 3.73. The number of carbonyl (C=O) groups excluding carboxylic acids is 1. The molecule has 0 bridgehead atoms. The van der Waals surface area contributed by atoms with E-state index in [0.717, 1.165) is 31.1 Å². The van der Waals surface area contributed by atoms with Crippen LogP contribution in [-0.2, 0) is 4.79 Å². The Labute approximate surface area is 177 Å². The highest BCUT2D eigenvalue weighted by molar-refractivity contribution is 5.82. The second kappa shape index (κ2) is 9.26. The minimum Gasteiger partial charge on any atom is -0.497 e. The molecular formula is C23H28N2O5. The minimum absolute atomic E-state index is 0.00821. The predicted molar refractivity (Wildman–Crippen MR) is 112 cm³/mol. The van der Waals surface area contributed by atoms with Gasteiger partial charge in [-0.2, -0.15) is 0 Å². The number of hydrogen-bond acceptors (Lipinski definition) is 6. The van der Waals surface area contributed by atoms with Crippen molar-refractivity contribution in [2.24, 2.45) is 0 Å². The van der Waals surface area contributed by atoms with Crippen LogP contribution in [0.4, 0.5) is 0 Å². The van der Waals surface area contributed by atoms with Crippen LogP contribution in [0.3, 0.4) is 0 Å². The lowest BCUT2D eigenvalue weighted by molar-refractivity contribution is -0.146. The zero-order valence-electron chi connectivity index (χ0n) is 17.5. The molecule has 2 unspecified atom stereocenters. The van der Waals surface area contributed by atoms with Crippen LogP contribution in [-0.4, -0.2) is 74.4 Å². The van der Waals surface area contributed by atoms with E-state index in [9.17, 15) is 4.79 Å². The predicted octanol–water partition coefficient (Wildman–Crippen LogP) is 2.45. The van der Waals surface area contributed by atoms with Gasteiger partial charge in [0, 0.05) is 32.7 Å². The molecule has 7 heteroatoms. The second-order valence-corrected chi connectivity index (χ2v) is 7.50. The molecule has 2 aliphatic heterocycles. The number of amides is 1. The monoisotopic (exact) mass is 412 g/mol. The number of ether oxygens (including phenoxy) is 4. The molecule has 2 aromatic rings. The molecule has 7 nitrogen and oxygen atoms in total. The molecule has 2 atom stereocenters. The summed E-state index contributed by atoms with van der Waals surface area (Å²) in [6, 6.07) is 15.1. The number of piperazine rings is 1. The molecular weight excluding hydrogens is 384 g/mol. The van der Waals surface area contributed by atoms with Gasteiger partial charge < -0.3 is 23.8 Å². The lowest BCUT2D eigenvalue weighted by Crippen LogP contribution is -2.56. The van der Waals surface area contributed by atoms with Crippen molar-refractivity contribution in [2.45, 2.75) is 19.1 Å². The average Bonchev–Trinajstić information content (AvgIpc) is 2.79. The second-order valence-electron chi connectivity index (χ2n) is 7.50. The molecule has 4 rings (SSSR count). The molecule has 2 aromatic carbocycles. The summed E-state index contributed by atoms with van der Waals surface area (Å²) in [6.45, 7) is 6.29. The van der Waals surface area contributed by atoms with E-state index >= 15 is 0 Å². The van der Waals surface area contributed by atoms with Gasteiger partial charge in [0.15, 0.2) is 11.5 Å². The third-order valence-corrected chi connectivity index (χ3v) is 5.51. The lowest BCUT2D eigenvalue weighted by Gasteiger charge is -2.38. The first-order chi connectivity index (χ1) is 14.6. The Morgan fingerprint density at radius 1 is 0.967 bits per heavy atom. The Bertz CT molecular complexity index is 849. The highest BCUT2D eigenvalue weighted by Crippen LogP contribution is 2.34. The standard InChI is InChI=1S/C23H28N2O5/c1-17-22(30-21-6-4-3-5-20(21)29-17)23(26)25-13-11-24(12-14-25)15-16-28-19-9-7-18(27-2)8-10-19/h3-10,17,22H,11-16H2,1-2H3. The van der Waals surface area contributed by atoms with Crippen LogP contribution in [0.15, 0.2) is 48.5 Å². The van der Waals surface area contributed by atoms with Gasteiger partial charge >= 0.3 is 0 Å². The van der Waals surface area contributed by atoms with Crippen molar-refractivity contribution in [3.05, 3.63) is 48.5 Å². The van der Waals surface area contributed by atoms with Crippen LogP contribution in [0.2, 0.25) is 0 Å². The molecule has 0 aliphatic carbocycles. The summed E-state index contributed by atoms with van der Waals surface area (Å²) in [5.74, 6) is 2.95. The number of carbonyl (C=O) groups is 1. The first-order valence-electron chi connectivity index (χ1n) is 10.3. The van der Waals surface area contributed by atoms with Gasteiger partial charge in [0.2, 0.25) is 6.10 Å². The Morgan fingerprint density at radius 3 is 2.27 bits per heavy atom. The Morgan fingerprint density at radius 2 is 1.60 bits per heavy atom. The van der Waals surface area contributed by atoms with Crippen molar-refractivity contribution in [1.29, 1.82) is 0 Å². The molecule has 0 saturated carbocycles. The van der Waals surface area contributed by atoms with Crippen molar-refractivity contribution < 1.29 is 23.7 Å². The smallest absolute Gasteiger partial charge is 0.267 e. The number of fused-ring (bicyclic) bond motifs is 1. The Hall–Kier alpha value is -2.93. The van der Waals surface area contributed by atoms with Crippen LogP contribution >= 0.6 is 0 Å². The van der Waals surface area contributed by atoms with Gasteiger partial charge in [-0.1, -0.05) is 12.1 Å². The number of hydrogen-bond donors (Lipinski definition) is 0. The number of para-hydroxylation sites is 2. The fraction of sp³-hybridized carbons (Fsp3) is 0.435. The molecule has 0 spiro atoms. The molecule has 1 saturated heterocycles. The van der Waals surface area contributed by atoms with Crippen molar-refractivity contribution in [1.82, 2.24) is 9.80 Å². The maximum Gasteiger partial charge on any atom is 0.267 e. The van der Waals surface area contributed by atoms with Crippen LogP contribution in [0.5, 0.6) is 23.0 Å². The van der Waals surface area contributed by atoms with E-state index in [-0.39, 0.29) is 12.0 Å². The minimum atomic E-state index is -0.607. The topological polar surface area (TPSA) is 60.5 Å². The first kappa shape index (κ1) is 20.3. The summed E-state index contributed by atoms with van der Waals surface area (Å²) in [5.41, 5.74) is 0. The molecule has 0 N–H and O–H groups in total. The molecule has 1 amide bonds. The number of rotatable bonds is 6. The van der Waals surface area contributed by atoms with Gasteiger partial charge in [-0.15, -0.1) is 0 Å². The van der Waals surface area contributed by atoms with Gasteiger partial charge in [-0.05, 0) is 43.3 Å². The van der Waals surface area contributed by atoms with E-state index in [0.29, 0.717) is 31.2 Å².